The second kappa shape index (κ2) is 4.00. The van der Waals surface area contributed by atoms with Crippen LogP contribution in [0.3, 0.4) is 0 Å². The van der Waals surface area contributed by atoms with Crippen molar-refractivity contribution in [2.24, 2.45) is 5.73 Å². The van der Waals surface area contributed by atoms with Crippen molar-refractivity contribution in [3.63, 3.8) is 0 Å². The van der Waals surface area contributed by atoms with Crippen LogP contribution in [0, 0.1) is 0 Å². The largest absolute Gasteiger partial charge is 0.389 e. The molecule has 3 nitrogen and oxygen atoms in total. The van der Waals surface area contributed by atoms with E-state index in [0.29, 0.717) is 10.0 Å². The minimum Gasteiger partial charge on any atom is -0.389 e. The molecule has 0 unspecified atom stereocenters. The highest BCUT2D eigenvalue weighted by molar-refractivity contribution is 7.80. The summed E-state index contributed by atoms with van der Waals surface area (Å²) < 4.78 is 1.70. The Bertz CT molecular complexity index is 493. The SMILES string of the molecule is NC(=S)c1cc(Cl)ccc1-n1cccn1. The molecule has 2 aromatic rings. The number of nitrogens with zero attached hydrogens (tertiary/aromatic N) is 2. The van der Waals surface area contributed by atoms with Gasteiger partial charge in [-0.05, 0) is 24.3 Å². The molecular formula is C10H8ClN3S. The normalized spacial score (nSPS) is 10.2. The van der Waals surface area contributed by atoms with Gasteiger partial charge < -0.3 is 5.73 Å². The number of aromatic nitrogens is 2. The Hall–Kier alpha value is -1.39. The Morgan fingerprint density at radius 3 is 2.87 bits per heavy atom. The van der Waals surface area contributed by atoms with Gasteiger partial charge in [-0.25, -0.2) is 4.68 Å². The monoisotopic (exact) mass is 237 g/mol. The average molecular weight is 238 g/mol. The van der Waals surface area contributed by atoms with Crippen LogP contribution in [0.15, 0.2) is 36.7 Å². The fourth-order valence-electron chi connectivity index (χ4n) is 1.32. The maximum absolute atomic E-state index is 5.88. The quantitative estimate of drug-likeness (QED) is 0.815. The fourth-order valence-corrected chi connectivity index (χ4v) is 1.65. The molecule has 0 saturated heterocycles. The highest BCUT2D eigenvalue weighted by Gasteiger charge is 2.07. The minimum absolute atomic E-state index is 0.308. The summed E-state index contributed by atoms with van der Waals surface area (Å²) in [7, 11) is 0. The topological polar surface area (TPSA) is 43.8 Å². The van der Waals surface area contributed by atoms with Crippen LogP contribution in [0.2, 0.25) is 5.02 Å². The van der Waals surface area contributed by atoms with Crippen molar-refractivity contribution >= 4 is 28.8 Å². The zero-order valence-electron chi connectivity index (χ0n) is 7.72. The van der Waals surface area contributed by atoms with E-state index in [0.717, 1.165) is 11.3 Å². The number of thiocarbonyl (C=S) groups is 1. The molecule has 2 N–H and O–H groups in total. The molecule has 0 radical (unpaired) electrons. The van der Waals surface area contributed by atoms with E-state index < -0.39 is 0 Å². The third kappa shape index (κ3) is 2.00. The molecule has 0 fully saturated rings. The van der Waals surface area contributed by atoms with Gasteiger partial charge in [0.05, 0.1) is 5.69 Å². The Kier molecular flexibility index (Phi) is 2.70. The number of halogens is 1. The Labute approximate surface area is 97.5 Å². The lowest BCUT2D eigenvalue weighted by Crippen LogP contribution is -2.13. The van der Waals surface area contributed by atoms with Crippen LogP contribution in [0.25, 0.3) is 5.69 Å². The van der Waals surface area contributed by atoms with E-state index >= 15 is 0 Å². The lowest BCUT2D eigenvalue weighted by atomic mass is 10.2. The van der Waals surface area contributed by atoms with Crippen molar-refractivity contribution in [2.75, 3.05) is 0 Å². The summed E-state index contributed by atoms with van der Waals surface area (Å²) in [6.45, 7) is 0. The summed E-state index contributed by atoms with van der Waals surface area (Å²) in [5.74, 6) is 0. The van der Waals surface area contributed by atoms with Gasteiger partial charge in [-0.2, -0.15) is 5.10 Å². The van der Waals surface area contributed by atoms with Gasteiger partial charge in [0.1, 0.15) is 4.99 Å². The van der Waals surface area contributed by atoms with E-state index in [4.69, 9.17) is 29.6 Å². The van der Waals surface area contributed by atoms with Gasteiger partial charge in [0.2, 0.25) is 0 Å². The zero-order valence-corrected chi connectivity index (χ0v) is 9.29. The predicted octanol–water partition coefficient (Wildman–Crippen LogP) is 2.16. The molecule has 0 aliphatic rings. The van der Waals surface area contributed by atoms with Gasteiger partial charge in [-0.1, -0.05) is 23.8 Å². The summed E-state index contributed by atoms with van der Waals surface area (Å²) >= 11 is 10.8. The van der Waals surface area contributed by atoms with Crippen molar-refractivity contribution in [1.82, 2.24) is 9.78 Å². The molecule has 1 aromatic heterocycles. The van der Waals surface area contributed by atoms with Crippen molar-refractivity contribution in [2.45, 2.75) is 0 Å². The van der Waals surface area contributed by atoms with Gasteiger partial charge in [0.25, 0.3) is 0 Å². The third-order valence-electron chi connectivity index (χ3n) is 1.98. The minimum atomic E-state index is 0.308. The lowest BCUT2D eigenvalue weighted by molar-refractivity contribution is 0.879. The Morgan fingerprint density at radius 2 is 2.27 bits per heavy atom. The van der Waals surface area contributed by atoms with E-state index in [1.165, 1.54) is 0 Å². The molecule has 0 spiro atoms. The predicted molar refractivity (Wildman–Crippen MR) is 64.5 cm³/mol. The number of rotatable bonds is 2. The number of hydrogen-bond acceptors (Lipinski definition) is 2. The number of benzene rings is 1. The maximum Gasteiger partial charge on any atom is 0.106 e. The number of nitrogens with two attached hydrogens (primary N) is 1. The van der Waals surface area contributed by atoms with Gasteiger partial charge in [-0.15, -0.1) is 0 Å². The summed E-state index contributed by atoms with van der Waals surface area (Å²) in [5.41, 5.74) is 7.18. The molecule has 76 valence electrons. The molecule has 0 saturated carbocycles. The van der Waals surface area contributed by atoms with Crippen molar-refractivity contribution in [1.29, 1.82) is 0 Å². The summed E-state index contributed by atoms with van der Waals surface area (Å²) in [6, 6.07) is 7.18. The first-order chi connectivity index (χ1) is 7.18. The third-order valence-corrected chi connectivity index (χ3v) is 2.43. The molecule has 1 aromatic carbocycles. The molecular weight excluding hydrogens is 230 g/mol. The Balaban J connectivity index is 2.61. The lowest BCUT2D eigenvalue weighted by Gasteiger charge is -2.08. The molecule has 15 heavy (non-hydrogen) atoms. The summed E-state index contributed by atoms with van der Waals surface area (Å²) in [5, 5.41) is 4.72. The summed E-state index contributed by atoms with van der Waals surface area (Å²) in [6.07, 6.45) is 3.52. The van der Waals surface area contributed by atoms with Gasteiger partial charge in [0, 0.05) is 23.0 Å². The van der Waals surface area contributed by atoms with Gasteiger partial charge in [0.15, 0.2) is 0 Å². The zero-order chi connectivity index (χ0) is 10.8. The standard InChI is InChI=1S/C10H8ClN3S/c11-7-2-3-9(8(6-7)10(12)15)14-5-1-4-13-14/h1-6H,(H2,12,15). The number of hydrogen-bond donors (Lipinski definition) is 1. The summed E-state index contributed by atoms with van der Waals surface area (Å²) in [4.78, 5) is 0.308. The molecule has 0 aliphatic heterocycles. The van der Waals surface area contributed by atoms with E-state index in [1.54, 1.807) is 23.0 Å². The highest BCUT2D eigenvalue weighted by atomic mass is 35.5. The van der Waals surface area contributed by atoms with Gasteiger partial charge in [-0.3, -0.25) is 0 Å². The van der Waals surface area contributed by atoms with E-state index in [2.05, 4.69) is 5.10 Å². The maximum atomic E-state index is 5.88. The Morgan fingerprint density at radius 1 is 1.47 bits per heavy atom. The van der Waals surface area contributed by atoms with Crippen LogP contribution in [0.4, 0.5) is 0 Å². The molecule has 2 rings (SSSR count). The first kappa shape index (κ1) is 10.1. The van der Waals surface area contributed by atoms with Crippen LogP contribution in [0.1, 0.15) is 5.56 Å². The molecule has 0 bridgehead atoms. The molecule has 1 heterocycles. The van der Waals surface area contributed by atoms with E-state index in [1.807, 2.05) is 18.3 Å². The van der Waals surface area contributed by atoms with Crippen LogP contribution < -0.4 is 5.73 Å². The fraction of sp³-hybridized carbons (Fsp3) is 0. The van der Waals surface area contributed by atoms with Crippen molar-refractivity contribution in [3.8, 4) is 5.69 Å². The average Bonchev–Trinajstić information content (AvgIpc) is 2.70. The van der Waals surface area contributed by atoms with Crippen LogP contribution in [-0.2, 0) is 0 Å². The highest BCUT2D eigenvalue weighted by Crippen LogP contribution is 2.19. The smallest absolute Gasteiger partial charge is 0.106 e. The van der Waals surface area contributed by atoms with Crippen molar-refractivity contribution < 1.29 is 0 Å². The molecule has 0 aliphatic carbocycles. The second-order valence-electron chi connectivity index (χ2n) is 2.98. The van der Waals surface area contributed by atoms with Crippen LogP contribution in [-0.4, -0.2) is 14.8 Å². The van der Waals surface area contributed by atoms with Crippen molar-refractivity contribution in [3.05, 3.63) is 47.2 Å². The second-order valence-corrected chi connectivity index (χ2v) is 3.85. The van der Waals surface area contributed by atoms with E-state index in [9.17, 15) is 0 Å². The molecule has 0 atom stereocenters. The van der Waals surface area contributed by atoms with Gasteiger partial charge >= 0.3 is 0 Å². The first-order valence-electron chi connectivity index (χ1n) is 4.28. The van der Waals surface area contributed by atoms with Crippen LogP contribution >= 0.6 is 23.8 Å². The molecule has 5 heteroatoms. The first-order valence-corrected chi connectivity index (χ1v) is 5.06. The molecule has 0 amide bonds. The van der Waals surface area contributed by atoms with Crippen LogP contribution in [0.5, 0.6) is 0 Å². The van der Waals surface area contributed by atoms with E-state index in [-0.39, 0.29) is 0 Å².